The van der Waals surface area contributed by atoms with Crippen molar-refractivity contribution in [2.24, 2.45) is 0 Å². The summed E-state index contributed by atoms with van der Waals surface area (Å²) in [7, 11) is 1.47. The van der Waals surface area contributed by atoms with Crippen LogP contribution in [0.1, 0.15) is 30.6 Å². The van der Waals surface area contributed by atoms with Crippen molar-refractivity contribution in [3.05, 3.63) is 59.7 Å². The molecule has 2 aromatic carbocycles. The summed E-state index contributed by atoms with van der Waals surface area (Å²) in [6.45, 7) is 2.90. The van der Waals surface area contributed by atoms with Crippen LogP contribution in [0.5, 0.6) is 17.2 Å². The van der Waals surface area contributed by atoms with Crippen molar-refractivity contribution in [1.29, 1.82) is 0 Å². The predicted molar refractivity (Wildman–Crippen MR) is 104 cm³/mol. The third kappa shape index (κ3) is 6.34. The molecule has 1 atom stereocenters. The Morgan fingerprint density at radius 2 is 1.93 bits per heavy atom. The number of phenolic OH excluding ortho intramolecular Hbond substituents is 2. The highest BCUT2D eigenvalue weighted by molar-refractivity contribution is 5.91. The molecule has 0 heterocycles. The first-order chi connectivity index (χ1) is 13.0. The first-order valence-electron chi connectivity index (χ1n) is 8.77. The molecular formula is C21H25NO5. The average Bonchev–Trinajstić information content (AvgIpc) is 2.68. The molecule has 6 heteroatoms. The smallest absolute Gasteiger partial charge is 0.244 e. The van der Waals surface area contributed by atoms with E-state index in [9.17, 15) is 15.0 Å². The Hall–Kier alpha value is -2.99. The van der Waals surface area contributed by atoms with E-state index >= 15 is 0 Å². The summed E-state index contributed by atoms with van der Waals surface area (Å²) in [5.41, 5.74) is 1.62. The number of amides is 1. The highest BCUT2D eigenvalue weighted by atomic mass is 16.5. The van der Waals surface area contributed by atoms with Gasteiger partial charge in [-0.2, -0.15) is 0 Å². The minimum Gasteiger partial charge on any atom is -0.508 e. The molecular weight excluding hydrogens is 346 g/mol. The van der Waals surface area contributed by atoms with Crippen LogP contribution in [0, 0.1) is 0 Å². The fraction of sp³-hybridized carbons (Fsp3) is 0.286. The molecule has 0 aromatic heterocycles. The van der Waals surface area contributed by atoms with E-state index in [4.69, 9.17) is 9.47 Å². The molecule has 0 aliphatic heterocycles. The SMILES string of the molecule is CCCO[C@H](CNC(=O)C=Cc1ccc(O)c(OC)c1)c1ccc(O)cc1. The normalized spacial score (nSPS) is 12.1. The van der Waals surface area contributed by atoms with Gasteiger partial charge in [-0.25, -0.2) is 0 Å². The van der Waals surface area contributed by atoms with Gasteiger partial charge in [0, 0.05) is 19.2 Å². The summed E-state index contributed by atoms with van der Waals surface area (Å²) >= 11 is 0. The van der Waals surface area contributed by atoms with Crippen LogP contribution in [0.2, 0.25) is 0 Å². The topological polar surface area (TPSA) is 88.0 Å². The molecule has 2 aromatic rings. The molecule has 0 aliphatic carbocycles. The zero-order valence-electron chi connectivity index (χ0n) is 15.5. The molecule has 27 heavy (non-hydrogen) atoms. The van der Waals surface area contributed by atoms with E-state index < -0.39 is 0 Å². The Labute approximate surface area is 159 Å². The Kier molecular flexibility index (Phi) is 7.70. The number of aromatic hydroxyl groups is 2. The molecule has 1 amide bonds. The summed E-state index contributed by atoms with van der Waals surface area (Å²) in [6.07, 6.45) is 3.63. The van der Waals surface area contributed by atoms with E-state index in [1.54, 1.807) is 42.5 Å². The zero-order valence-corrected chi connectivity index (χ0v) is 15.5. The Balaban J connectivity index is 1.97. The van der Waals surface area contributed by atoms with E-state index in [1.165, 1.54) is 19.3 Å². The standard InChI is InChI=1S/C21H25NO5/c1-3-12-27-20(16-6-8-17(23)9-7-16)14-22-21(25)11-5-15-4-10-18(24)19(13-15)26-2/h4-11,13,20,23-24H,3,12,14H2,1-2H3,(H,22,25)/t20-/m1/s1. The number of phenols is 2. The molecule has 0 aliphatic rings. The maximum Gasteiger partial charge on any atom is 0.244 e. The lowest BCUT2D eigenvalue weighted by atomic mass is 10.1. The van der Waals surface area contributed by atoms with Crippen LogP contribution >= 0.6 is 0 Å². The third-order valence-corrected chi connectivity index (χ3v) is 3.88. The van der Waals surface area contributed by atoms with E-state index in [0.29, 0.717) is 18.9 Å². The molecule has 0 fully saturated rings. The second-order valence-corrected chi connectivity index (χ2v) is 5.96. The van der Waals surface area contributed by atoms with Gasteiger partial charge < -0.3 is 25.0 Å². The fourth-order valence-corrected chi connectivity index (χ4v) is 2.44. The highest BCUT2D eigenvalue weighted by Crippen LogP contribution is 2.26. The van der Waals surface area contributed by atoms with Crippen LogP contribution in [0.15, 0.2) is 48.5 Å². The van der Waals surface area contributed by atoms with Crippen LogP contribution in [0.3, 0.4) is 0 Å². The van der Waals surface area contributed by atoms with Gasteiger partial charge in [0.2, 0.25) is 5.91 Å². The minimum atomic E-state index is -0.295. The van der Waals surface area contributed by atoms with Crippen molar-refractivity contribution < 1.29 is 24.5 Å². The molecule has 6 nitrogen and oxygen atoms in total. The Morgan fingerprint density at radius 1 is 1.19 bits per heavy atom. The number of carbonyl (C=O) groups excluding carboxylic acids is 1. The van der Waals surface area contributed by atoms with E-state index in [1.807, 2.05) is 6.92 Å². The molecule has 0 unspecified atom stereocenters. The van der Waals surface area contributed by atoms with Crippen molar-refractivity contribution in [1.82, 2.24) is 5.32 Å². The van der Waals surface area contributed by atoms with Gasteiger partial charge in [0.1, 0.15) is 5.75 Å². The van der Waals surface area contributed by atoms with Crippen molar-refractivity contribution >= 4 is 12.0 Å². The lowest BCUT2D eigenvalue weighted by molar-refractivity contribution is -0.117. The number of benzene rings is 2. The predicted octanol–water partition coefficient (Wildman–Crippen LogP) is 3.40. The van der Waals surface area contributed by atoms with Gasteiger partial charge in [-0.3, -0.25) is 4.79 Å². The summed E-state index contributed by atoms with van der Waals surface area (Å²) in [6, 6.07) is 11.6. The average molecular weight is 371 g/mol. The lowest BCUT2D eigenvalue weighted by Crippen LogP contribution is -2.28. The van der Waals surface area contributed by atoms with Gasteiger partial charge in [-0.05, 0) is 47.9 Å². The fourth-order valence-electron chi connectivity index (χ4n) is 2.44. The van der Waals surface area contributed by atoms with Gasteiger partial charge in [0.15, 0.2) is 11.5 Å². The number of hydrogen-bond donors (Lipinski definition) is 3. The van der Waals surface area contributed by atoms with Crippen LogP contribution < -0.4 is 10.1 Å². The largest absolute Gasteiger partial charge is 0.508 e. The minimum absolute atomic E-state index is 0.0453. The van der Waals surface area contributed by atoms with Crippen LogP contribution in [-0.4, -0.2) is 36.4 Å². The highest BCUT2D eigenvalue weighted by Gasteiger charge is 2.13. The Morgan fingerprint density at radius 3 is 2.59 bits per heavy atom. The molecule has 144 valence electrons. The van der Waals surface area contributed by atoms with Crippen LogP contribution in [0.4, 0.5) is 0 Å². The number of carbonyl (C=O) groups is 1. The summed E-state index contributed by atoms with van der Waals surface area (Å²) in [5.74, 6) is 0.317. The van der Waals surface area contributed by atoms with Crippen molar-refractivity contribution in [2.45, 2.75) is 19.4 Å². The zero-order chi connectivity index (χ0) is 19.6. The molecule has 2 rings (SSSR count). The molecule has 0 saturated carbocycles. The van der Waals surface area contributed by atoms with Crippen LogP contribution in [-0.2, 0) is 9.53 Å². The second-order valence-electron chi connectivity index (χ2n) is 5.96. The number of rotatable bonds is 9. The van der Waals surface area contributed by atoms with E-state index in [-0.39, 0.29) is 23.5 Å². The summed E-state index contributed by atoms with van der Waals surface area (Å²) < 4.78 is 10.9. The van der Waals surface area contributed by atoms with Crippen LogP contribution in [0.25, 0.3) is 6.08 Å². The Bertz CT molecular complexity index is 771. The molecule has 0 saturated heterocycles. The number of hydrogen-bond acceptors (Lipinski definition) is 5. The third-order valence-electron chi connectivity index (χ3n) is 3.88. The molecule has 0 radical (unpaired) electrons. The first kappa shape index (κ1) is 20.3. The molecule has 0 bridgehead atoms. The van der Waals surface area contributed by atoms with Crippen molar-refractivity contribution in [3.8, 4) is 17.2 Å². The van der Waals surface area contributed by atoms with Crippen molar-refractivity contribution in [3.63, 3.8) is 0 Å². The van der Waals surface area contributed by atoms with Gasteiger partial charge in [-0.15, -0.1) is 0 Å². The van der Waals surface area contributed by atoms with Gasteiger partial charge in [0.05, 0.1) is 13.2 Å². The molecule has 3 N–H and O–H groups in total. The quantitative estimate of drug-likeness (QED) is 0.588. The lowest BCUT2D eigenvalue weighted by Gasteiger charge is -2.18. The summed E-state index contributed by atoms with van der Waals surface area (Å²) in [5, 5.41) is 21.8. The first-order valence-corrected chi connectivity index (χ1v) is 8.77. The maximum absolute atomic E-state index is 12.1. The van der Waals surface area contributed by atoms with E-state index in [2.05, 4.69) is 5.32 Å². The number of methoxy groups -OCH3 is 1. The van der Waals surface area contributed by atoms with Gasteiger partial charge >= 0.3 is 0 Å². The van der Waals surface area contributed by atoms with Gasteiger partial charge in [-0.1, -0.05) is 25.1 Å². The second kappa shape index (κ2) is 10.2. The number of ether oxygens (including phenoxy) is 2. The maximum atomic E-state index is 12.1. The monoisotopic (exact) mass is 371 g/mol. The van der Waals surface area contributed by atoms with E-state index in [0.717, 1.165) is 17.5 Å². The number of nitrogens with one attached hydrogen (secondary N) is 1. The molecule has 0 spiro atoms. The summed E-state index contributed by atoms with van der Waals surface area (Å²) in [4.78, 5) is 12.1. The van der Waals surface area contributed by atoms with Gasteiger partial charge in [0.25, 0.3) is 0 Å². The van der Waals surface area contributed by atoms with Crippen molar-refractivity contribution in [2.75, 3.05) is 20.3 Å².